The predicted molar refractivity (Wildman–Crippen MR) is 97.9 cm³/mol. The first-order valence-electron chi connectivity index (χ1n) is 8.26. The highest BCUT2D eigenvalue weighted by atomic mass is 32.2. The minimum Gasteiger partial charge on any atom is -0.280 e. The molecule has 0 bridgehead atoms. The molecule has 0 spiro atoms. The van der Waals surface area contributed by atoms with Crippen LogP contribution in [0, 0.1) is 0 Å². The zero-order chi connectivity index (χ0) is 18.1. The molecule has 1 aromatic carbocycles. The number of hydrogen-bond acceptors (Lipinski definition) is 3. The Hall–Kier alpha value is -1.82. The van der Waals surface area contributed by atoms with Gasteiger partial charge in [-0.15, -0.1) is 0 Å². The quantitative estimate of drug-likeness (QED) is 0.883. The summed E-state index contributed by atoms with van der Waals surface area (Å²) in [5.74, 6) is 0. The molecule has 2 rings (SSSR count). The van der Waals surface area contributed by atoms with Crippen LogP contribution in [-0.4, -0.2) is 18.2 Å². The highest BCUT2D eigenvalue weighted by molar-refractivity contribution is 7.92. The van der Waals surface area contributed by atoms with E-state index >= 15 is 0 Å². The first-order valence-corrected chi connectivity index (χ1v) is 9.74. The van der Waals surface area contributed by atoms with Crippen LogP contribution in [0.15, 0.2) is 35.4 Å². The van der Waals surface area contributed by atoms with Gasteiger partial charge >= 0.3 is 0 Å². The van der Waals surface area contributed by atoms with E-state index in [0.717, 1.165) is 6.42 Å². The molecule has 1 N–H and O–H groups in total. The summed E-state index contributed by atoms with van der Waals surface area (Å²) in [5.41, 5.74) is 1.94. The Morgan fingerprint density at radius 2 is 1.75 bits per heavy atom. The third kappa shape index (κ3) is 3.98. The Morgan fingerprint density at radius 3 is 2.21 bits per heavy atom. The Labute approximate surface area is 145 Å². The predicted octanol–water partition coefficient (Wildman–Crippen LogP) is 4.12. The van der Waals surface area contributed by atoms with E-state index in [1.807, 2.05) is 46.8 Å². The van der Waals surface area contributed by atoms with E-state index < -0.39 is 10.0 Å². The van der Waals surface area contributed by atoms with Crippen LogP contribution in [-0.2, 0) is 21.9 Å². The Kier molecular flexibility index (Phi) is 5.08. The normalized spacial score (nSPS) is 12.6. The summed E-state index contributed by atoms with van der Waals surface area (Å²) in [6, 6.07) is 7.54. The number of hydrogen-bond donors (Lipinski definition) is 1. The van der Waals surface area contributed by atoms with Crippen LogP contribution in [0.3, 0.4) is 0 Å². The third-order valence-corrected chi connectivity index (χ3v) is 5.22. The molecule has 1 heterocycles. The maximum absolute atomic E-state index is 12.9. The lowest BCUT2D eigenvalue weighted by Gasteiger charge is -2.18. The second kappa shape index (κ2) is 6.59. The SMILES string of the molecule is CCc1ccc(NS(=O)(=O)c2cn(C(C)C)nc2C(C)(C)C)cc1. The molecule has 1 aromatic heterocycles. The van der Waals surface area contributed by atoms with Crippen LogP contribution in [0.1, 0.15) is 58.8 Å². The molecule has 24 heavy (non-hydrogen) atoms. The van der Waals surface area contributed by atoms with Crippen molar-refractivity contribution in [3.05, 3.63) is 41.7 Å². The number of sulfonamides is 1. The summed E-state index contributed by atoms with van der Waals surface area (Å²) >= 11 is 0. The first-order chi connectivity index (χ1) is 11.0. The molecular weight excluding hydrogens is 322 g/mol. The summed E-state index contributed by atoms with van der Waals surface area (Å²) in [7, 11) is -3.69. The van der Waals surface area contributed by atoms with E-state index in [1.54, 1.807) is 23.0 Å². The zero-order valence-corrected chi connectivity index (χ0v) is 16.1. The molecule has 0 saturated heterocycles. The van der Waals surface area contributed by atoms with Gasteiger partial charge in [0.15, 0.2) is 0 Å². The molecule has 0 aliphatic carbocycles. The molecule has 0 saturated carbocycles. The smallest absolute Gasteiger partial charge is 0.265 e. The van der Waals surface area contributed by atoms with E-state index in [-0.39, 0.29) is 16.4 Å². The molecule has 2 aromatic rings. The molecule has 0 unspecified atom stereocenters. The summed E-state index contributed by atoms with van der Waals surface area (Å²) in [4.78, 5) is 0.239. The lowest BCUT2D eigenvalue weighted by atomic mass is 9.92. The van der Waals surface area contributed by atoms with Crippen LogP contribution in [0.4, 0.5) is 5.69 Å². The summed E-state index contributed by atoms with van der Waals surface area (Å²) in [5, 5.41) is 4.51. The van der Waals surface area contributed by atoms with Gasteiger partial charge in [-0.2, -0.15) is 5.10 Å². The molecule has 0 fully saturated rings. The van der Waals surface area contributed by atoms with Gasteiger partial charge in [0.05, 0.1) is 5.69 Å². The molecule has 0 aliphatic rings. The third-order valence-electron chi connectivity index (χ3n) is 3.84. The summed E-state index contributed by atoms with van der Waals surface area (Å²) < 4.78 is 30.2. The number of nitrogens with zero attached hydrogens (tertiary/aromatic N) is 2. The molecule has 5 nitrogen and oxygen atoms in total. The first kappa shape index (κ1) is 18.5. The molecule has 0 radical (unpaired) electrons. The van der Waals surface area contributed by atoms with E-state index in [2.05, 4.69) is 16.7 Å². The maximum Gasteiger partial charge on any atom is 0.265 e. The van der Waals surface area contributed by atoms with Crippen molar-refractivity contribution in [2.24, 2.45) is 0 Å². The molecule has 132 valence electrons. The van der Waals surface area contributed by atoms with Gasteiger partial charge in [-0.3, -0.25) is 9.40 Å². The summed E-state index contributed by atoms with van der Waals surface area (Å²) in [6.07, 6.45) is 2.54. The van der Waals surface area contributed by atoms with Crippen molar-refractivity contribution in [1.29, 1.82) is 0 Å². The highest BCUT2D eigenvalue weighted by Gasteiger charge is 2.30. The van der Waals surface area contributed by atoms with Crippen molar-refractivity contribution >= 4 is 15.7 Å². The topological polar surface area (TPSA) is 64.0 Å². The van der Waals surface area contributed by atoms with Crippen molar-refractivity contribution < 1.29 is 8.42 Å². The van der Waals surface area contributed by atoms with E-state index in [9.17, 15) is 8.42 Å². The van der Waals surface area contributed by atoms with Crippen molar-refractivity contribution in [3.8, 4) is 0 Å². The minimum atomic E-state index is -3.69. The average molecular weight is 350 g/mol. The van der Waals surface area contributed by atoms with E-state index in [0.29, 0.717) is 11.4 Å². The minimum absolute atomic E-state index is 0.0962. The Bertz CT molecular complexity index is 798. The number of nitrogens with one attached hydrogen (secondary N) is 1. The fraction of sp³-hybridized carbons (Fsp3) is 0.500. The van der Waals surface area contributed by atoms with Crippen molar-refractivity contribution in [2.45, 2.75) is 64.3 Å². The maximum atomic E-state index is 12.9. The van der Waals surface area contributed by atoms with Crippen molar-refractivity contribution in [3.63, 3.8) is 0 Å². The van der Waals surface area contributed by atoms with E-state index in [4.69, 9.17) is 0 Å². The summed E-state index contributed by atoms with van der Waals surface area (Å²) in [6.45, 7) is 11.9. The van der Waals surface area contributed by atoms with Crippen LogP contribution < -0.4 is 4.72 Å². The van der Waals surface area contributed by atoms with Gasteiger partial charge in [-0.05, 0) is 38.0 Å². The number of anilines is 1. The highest BCUT2D eigenvalue weighted by Crippen LogP contribution is 2.30. The standard InChI is InChI=1S/C18H27N3O2S/c1-7-14-8-10-15(11-9-14)20-24(22,23)16-12-21(13(2)3)19-17(16)18(4,5)6/h8-13,20H,7H2,1-6H3. The number of benzene rings is 1. The van der Waals surface area contributed by atoms with Crippen molar-refractivity contribution in [2.75, 3.05) is 4.72 Å². The largest absolute Gasteiger partial charge is 0.280 e. The molecule has 6 heteroatoms. The Morgan fingerprint density at radius 1 is 1.17 bits per heavy atom. The fourth-order valence-electron chi connectivity index (χ4n) is 2.37. The molecule has 0 aliphatic heterocycles. The van der Waals surface area contributed by atoms with Crippen LogP contribution in [0.2, 0.25) is 0 Å². The zero-order valence-electron chi connectivity index (χ0n) is 15.3. The van der Waals surface area contributed by atoms with Gasteiger partial charge in [0.2, 0.25) is 0 Å². The van der Waals surface area contributed by atoms with Crippen molar-refractivity contribution in [1.82, 2.24) is 9.78 Å². The monoisotopic (exact) mass is 349 g/mol. The van der Waals surface area contributed by atoms with Gasteiger partial charge in [0, 0.05) is 23.3 Å². The van der Waals surface area contributed by atoms with Gasteiger partial charge < -0.3 is 0 Å². The molecule has 0 amide bonds. The number of rotatable bonds is 5. The van der Waals surface area contributed by atoms with Crippen LogP contribution in [0.5, 0.6) is 0 Å². The van der Waals surface area contributed by atoms with Crippen LogP contribution in [0.25, 0.3) is 0 Å². The van der Waals surface area contributed by atoms with Gasteiger partial charge in [-0.1, -0.05) is 39.8 Å². The molecular formula is C18H27N3O2S. The van der Waals surface area contributed by atoms with Gasteiger partial charge in [0.1, 0.15) is 4.90 Å². The lowest BCUT2D eigenvalue weighted by molar-refractivity contribution is 0.493. The van der Waals surface area contributed by atoms with Crippen LogP contribution >= 0.6 is 0 Å². The Balaban J connectivity index is 2.44. The molecule has 0 atom stereocenters. The fourth-order valence-corrected chi connectivity index (χ4v) is 3.78. The average Bonchev–Trinajstić information content (AvgIpc) is 2.94. The number of aromatic nitrogens is 2. The van der Waals surface area contributed by atoms with Gasteiger partial charge in [-0.25, -0.2) is 8.42 Å². The lowest BCUT2D eigenvalue weighted by Crippen LogP contribution is -2.20. The van der Waals surface area contributed by atoms with E-state index in [1.165, 1.54) is 5.56 Å². The van der Waals surface area contributed by atoms with Gasteiger partial charge in [0.25, 0.3) is 10.0 Å². The number of aryl methyl sites for hydroxylation is 1. The second-order valence-corrected chi connectivity index (χ2v) is 8.97. The second-order valence-electron chi connectivity index (χ2n) is 7.32.